The second kappa shape index (κ2) is 6.89. The van der Waals surface area contributed by atoms with Crippen LogP contribution in [0.5, 0.6) is 0 Å². The van der Waals surface area contributed by atoms with E-state index in [2.05, 4.69) is 29.6 Å². The number of rotatable bonds is 4. The molecule has 0 aliphatic carbocycles. The maximum Gasteiger partial charge on any atom is 0.167 e. The number of carbonyl (C=O) groups excluding carboxylic acids is 1. The number of piperidine rings is 1. The molecule has 2 heteroatoms. The summed E-state index contributed by atoms with van der Waals surface area (Å²) in [6.07, 6.45) is 2.99. The third kappa shape index (κ3) is 3.63. The molecule has 2 aromatic rings. The normalized spacial score (nSPS) is 18.1. The van der Waals surface area contributed by atoms with Gasteiger partial charge in [0.05, 0.1) is 0 Å². The fraction of sp³-hybridized carbons (Fsp3) is 0.350. The number of Topliss-reactive ketones (excluding diaryl/α,β-unsaturated/α-hetero) is 1. The van der Waals surface area contributed by atoms with Gasteiger partial charge < -0.3 is 5.32 Å². The lowest BCUT2D eigenvalue weighted by atomic mass is 9.90. The zero-order valence-corrected chi connectivity index (χ0v) is 13.1. The van der Waals surface area contributed by atoms with E-state index < -0.39 is 0 Å². The quantitative estimate of drug-likeness (QED) is 0.867. The Kier molecular flexibility index (Phi) is 4.69. The summed E-state index contributed by atoms with van der Waals surface area (Å²) in [7, 11) is 0. The molecule has 0 aromatic heterocycles. The molecular weight excluding hydrogens is 270 g/mol. The van der Waals surface area contributed by atoms with Crippen LogP contribution in [0.1, 0.15) is 45.8 Å². The lowest BCUT2D eigenvalue weighted by molar-refractivity contribution is 0.0993. The smallest absolute Gasteiger partial charge is 0.167 e. The van der Waals surface area contributed by atoms with E-state index in [9.17, 15) is 4.79 Å². The van der Waals surface area contributed by atoms with Gasteiger partial charge in [0.2, 0.25) is 0 Å². The minimum atomic E-state index is 0.191. The van der Waals surface area contributed by atoms with Crippen LogP contribution < -0.4 is 5.32 Å². The first kappa shape index (κ1) is 15.0. The number of carbonyl (C=O) groups is 1. The first-order valence-corrected chi connectivity index (χ1v) is 8.12. The maximum atomic E-state index is 12.3. The summed E-state index contributed by atoms with van der Waals surface area (Å²) in [5, 5.41) is 3.45. The van der Waals surface area contributed by atoms with Crippen molar-refractivity contribution in [3.8, 4) is 0 Å². The molecule has 0 saturated carbocycles. The standard InChI is InChI=1S/C20H23NO/c1-15-4-2-5-18(12-15)20(22)13-16-7-9-17(10-8-16)19-6-3-11-21-14-19/h2,4-5,7-10,12,19,21H,3,6,11,13-14H2,1H3/t19-/m1/s1. The van der Waals surface area contributed by atoms with Gasteiger partial charge in [-0.1, -0.05) is 48.0 Å². The van der Waals surface area contributed by atoms with Crippen molar-refractivity contribution < 1.29 is 4.79 Å². The molecule has 1 aliphatic rings. The molecule has 2 nitrogen and oxygen atoms in total. The van der Waals surface area contributed by atoms with Crippen molar-refractivity contribution in [2.24, 2.45) is 0 Å². The zero-order valence-electron chi connectivity index (χ0n) is 13.1. The molecule has 1 heterocycles. The Labute approximate surface area is 132 Å². The number of hydrogen-bond donors (Lipinski definition) is 1. The molecule has 1 aliphatic heterocycles. The SMILES string of the molecule is Cc1cccc(C(=O)Cc2ccc([C@@H]3CCCNC3)cc2)c1. The highest BCUT2D eigenvalue weighted by molar-refractivity contribution is 5.97. The predicted molar refractivity (Wildman–Crippen MR) is 90.5 cm³/mol. The lowest BCUT2D eigenvalue weighted by Gasteiger charge is -2.23. The topological polar surface area (TPSA) is 29.1 Å². The van der Waals surface area contributed by atoms with E-state index in [1.807, 2.05) is 31.2 Å². The number of benzene rings is 2. The third-order valence-corrected chi connectivity index (χ3v) is 4.45. The highest BCUT2D eigenvalue weighted by Gasteiger charge is 2.15. The fourth-order valence-electron chi connectivity index (χ4n) is 3.15. The molecule has 0 spiro atoms. The van der Waals surface area contributed by atoms with Crippen LogP contribution in [0.4, 0.5) is 0 Å². The van der Waals surface area contributed by atoms with E-state index in [0.29, 0.717) is 12.3 Å². The minimum Gasteiger partial charge on any atom is -0.316 e. The van der Waals surface area contributed by atoms with Crippen molar-refractivity contribution >= 4 is 5.78 Å². The highest BCUT2D eigenvalue weighted by atomic mass is 16.1. The summed E-state index contributed by atoms with van der Waals surface area (Å²) >= 11 is 0. The number of nitrogens with one attached hydrogen (secondary N) is 1. The van der Waals surface area contributed by atoms with E-state index >= 15 is 0 Å². The Morgan fingerprint density at radius 3 is 2.68 bits per heavy atom. The Balaban J connectivity index is 1.66. The van der Waals surface area contributed by atoms with Gasteiger partial charge in [-0.15, -0.1) is 0 Å². The Morgan fingerprint density at radius 2 is 2.00 bits per heavy atom. The first-order valence-electron chi connectivity index (χ1n) is 8.12. The summed E-state index contributed by atoms with van der Waals surface area (Å²) in [6.45, 7) is 4.23. The summed E-state index contributed by atoms with van der Waals surface area (Å²) < 4.78 is 0. The van der Waals surface area contributed by atoms with Gasteiger partial charge in [0, 0.05) is 18.5 Å². The molecule has 114 valence electrons. The van der Waals surface area contributed by atoms with E-state index in [1.54, 1.807) is 0 Å². The van der Waals surface area contributed by atoms with Crippen LogP contribution in [0, 0.1) is 6.92 Å². The van der Waals surface area contributed by atoms with Crippen molar-refractivity contribution in [3.63, 3.8) is 0 Å². The summed E-state index contributed by atoms with van der Waals surface area (Å²) in [5.41, 5.74) is 4.42. The van der Waals surface area contributed by atoms with Gasteiger partial charge in [-0.05, 0) is 49.4 Å². The van der Waals surface area contributed by atoms with Gasteiger partial charge in [-0.25, -0.2) is 0 Å². The predicted octanol–water partition coefficient (Wildman–Crippen LogP) is 3.89. The second-order valence-corrected chi connectivity index (χ2v) is 6.25. The van der Waals surface area contributed by atoms with Gasteiger partial charge in [0.1, 0.15) is 0 Å². The van der Waals surface area contributed by atoms with Crippen LogP contribution in [0.25, 0.3) is 0 Å². The second-order valence-electron chi connectivity index (χ2n) is 6.25. The first-order chi connectivity index (χ1) is 10.7. The van der Waals surface area contributed by atoms with Crippen molar-refractivity contribution in [2.75, 3.05) is 13.1 Å². The van der Waals surface area contributed by atoms with Crippen LogP contribution in [0.3, 0.4) is 0 Å². The molecule has 1 atom stereocenters. The molecule has 1 fully saturated rings. The summed E-state index contributed by atoms with van der Waals surface area (Å²) in [5.74, 6) is 0.811. The van der Waals surface area contributed by atoms with Crippen molar-refractivity contribution in [3.05, 3.63) is 70.8 Å². The largest absolute Gasteiger partial charge is 0.316 e. The molecule has 1 saturated heterocycles. The maximum absolute atomic E-state index is 12.3. The molecule has 1 N–H and O–H groups in total. The monoisotopic (exact) mass is 293 g/mol. The highest BCUT2D eigenvalue weighted by Crippen LogP contribution is 2.23. The Morgan fingerprint density at radius 1 is 1.18 bits per heavy atom. The van der Waals surface area contributed by atoms with Crippen LogP contribution in [0.2, 0.25) is 0 Å². The average Bonchev–Trinajstić information content (AvgIpc) is 2.56. The number of ketones is 1. The van der Waals surface area contributed by atoms with Crippen LogP contribution in [-0.4, -0.2) is 18.9 Å². The van der Waals surface area contributed by atoms with E-state index in [4.69, 9.17) is 0 Å². The molecular formula is C20H23NO. The van der Waals surface area contributed by atoms with Gasteiger partial charge in [0.15, 0.2) is 5.78 Å². The molecule has 2 aromatic carbocycles. The van der Waals surface area contributed by atoms with Gasteiger partial charge in [-0.3, -0.25) is 4.79 Å². The minimum absolute atomic E-state index is 0.191. The van der Waals surface area contributed by atoms with Crippen LogP contribution in [-0.2, 0) is 6.42 Å². The Hall–Kier alpha value is -1.93. The lowest BCUT2D eigenvalue weighted by Crippen LogP contribution is -2.28. The van der Waals surface area contributed by atoms with Crippen LogP contribution >= 0.6 is 0 Å². The zero-order chi connectivity index (χ0) is 15.4. The summed E-state index contributed by atoms with van der Waals surface area (Å²) in [4.78, 5) is 12.3. The average molecular weight is 293 g/mol. The molecule has 22 heavy (non-hydrogen) atoms. The van der Waals surface area contributed by atoms with E-state index in [-0.39, 0.29) is 5.78 Å². The number of aryl methyl sites for hydroxylation is 1. The fourth-order valence-corrected chi connectivity index (χ4v) is 3.15. The molecule has 0 amide bonds. The van der Waals surface area contributed by atoms with Crippen molar-refractivity contribution in [1.82, 2.24) is 5.32 Å². The van der Waals surface area contributed by atoms with Crippen molar-refractivity contribution in [1.29, 1.82) is 0 Å². The number of hydrogen-bond acceptors (Lipinski definition) is 2. The van der Waals surface area contributed by atoms with Gasteiger partial charge in [0.25, 0.3) is 0 Å². The van der Waals surface area contributed by atoms with Crippen molar-refractivity contribution in [2.45, 2.75) is 32.1 Å². The van der Waals surface area contributed by atoms with E-state index in [1.165, 1.54) is 18.4 Å². The molecule has 0 unspecified atom stereocenters. The Bertz CT molecular complexity index is 639. The molecule has 0 radical (unpaired) electrons. The molecule has 0 bridgehead atoms. The van der Waals surface area contributed by atoms with Gasteiger partial charge in [-0.2, -0.15) is 0 Å². The van der Waals surface area contributed by atoms with E-state index in [0.717, 1.165) is 29.8 Å². The third-order valence-electron chi connectivity index (χ3n) is 4.45. The summed E-state index contributed by atoms with van der Waals surface area (Å²) in [6, 6.07) is 16.4. The van der Waals surface area contributed by atoms with Crippen LogP contribution in [0.15, 0.2) is 48.5 Å². The van der Waals surface area contributed by atoms with Gasteiger partial charge >= 0.3 is 0 Å². The molecule has 3 rings (SSSR count).